The van der Waals surface area contributed by atoms with E-state index < -0.39 is 0 Å². The molecule has 2 aromatic heterocycles. The number of nitrogens with one attached hydrogen (secondary N) is 1. The van der Waals surface area contributed by atoms with Crippen LogP contribution in [-0.2, 0) is 6.42 Å². The Morgan fingerprint density at radius 1 is 1.03 bits per heavy atom. The lowest BCUT2D eigenvalue weighted by Crippen LogP contribution is -2.13. The lowest BCUT2D eigenvalue weighted by molar-refractivity contribution is 0.102. The Morgan fingerprint density at radius 2 is 1.74 bits per heavy atom. The molecular weight excluding hydrogens is 388 g/mol. The van der Waals surface area contributed by atoms with Gasteiger partial charge in [0, 0.05) is 11.4 Å². The second-order valence-corrected chi connectivity index (χ2v) is 7.44. The molecular formula is C25H26N4O2. The lowest BCUT2D eigenvalue weighted by Gasteiger charge is -2.09. The third-order valence-corrected chi connectivity index (χ3v) is 5.20. The first-order valence-electron chi connectivity index (χ1n) is 10.5. The van der Waals surface area contributed by atoms with E-state index in [1.807, 2.05) is 67.9 Å². The Labute approximate surface area is 181 Å². The SMILES string of the molecule is CCOc1ccc(NC(=O)c2cc(C)nc3c2c(C)nn3-c2ccc(CC)cc2)cc1. The summed E-state index contributed by atoms with van der Waals surface area (Å²) >= 11 is 0. The highest BCUT2D eigenvalue weighted by Gasteiger charge is 2.19. The van der Waals surface area contributed by atoms with Crippen LogP contribution in [0.5, 0.6) is 5.75 Å². The molecule has 0 atom stereocenters. The van der Waals surface area contributed by atoms with Gasteiger partial charge in [-0.2, -0.15) is 5.10 Å². The maximum Gasteiger partial charge on any atom is 0.256 e. The highest BCUT2D eigenvalue weighted by molar-refractivity contribution is 6.12. The van der Waals surface area contributed by atoms with Gasteiger partial charge in [0.15, 0.2) is 5.65 Å². The fraction of sp³-hybridized carbons (Fsp3) is 0.240. The molecule has 6 heteroatoms. The largest absolute Gasteiger partial charge is 0.494 e. The fourth-order valence-corrected chi connectivity index (χ4v) is 3.65. The number of benzene rings is 2. The standard InChI is InChI=1S/C25H26N4O2/c1-5-18-7-11-20(12-8-18)29-24-23(17(4)28-29)22(15-16(3)26-24)25(30)27-19-9-13-21(14-10-19)31-6-2/h7-15H,5-6H2,1-4H3,(H,27,30). The fourth-order valence-electron chi connectivity index (χ4n) is 3.65. The number of aromatic nitrogens is 3. The van der Waals surface area contributed by atoms with Gasteiger partial charge in [-0.15, -0.1) is 0 Å². The first kappa shape index (κ1) is 20.6. The van der Waals surface area contributed by atoms with Crippen LogP contribution in [-0.4, -0.2) is 27.3 Å². The second kappa shape index (κ2) is 8.60. The number of carbonyl (C=O) groups excluding carboxylic acids is 1. The number of aryl methyl sites for hydroxylation is 3. The Balaban J connectivity index is 1.72. The summed E-state index contributed by atoms with van der Waals surface area (Å²) in [6.45, 7) is 8.46. The molecule has 0 aliphatic rings. The number of carbonyl (C=O) groups is 1. The Hall–Kier alpha value is -3.67. The monoisotopic (exact) mass is 414 g/mol. The van der Waals surface area contributed by atoms with Gasteiger partial charge in [-0.3, -0.25) is 4.79 Å². The molecule has 0 spiro atoms. The van der Waals surface area contributed by atoms with Crippen molar-refractivity contribution in [3.8, 4) is 11.4 Å². The predicted molar refractivity (Wildman–Crippen MR) is 123 cm³/mol. The van der Waals surface area contributed by atoms with Gasteiger partial charge in [0.25, 0.3) is 5.91 Å². The molecule has 0 aliphatic heterocycles. The number of fused-ring (bicyclic) bond motifs is 1. The molecule has 0 bridgehead atoms. The van der Waals surface area contributed by atoms with E-state index in [4.69, 9.17) is 14.8 Å². The minimum Gasteiger partial charge on any atom is -0.494 e. The molecule has 0 saturated heterocycles. The summed E-state index contributed by atoms with van der Waals surface area (Å²) in [5, 5.41) is 8.43. The van der Waals surface area contributed by atoms with Crippen molar-refractivity contribution >= 4 is 22.6 Å². The lowest BCUT2D eigenvalue weighted by atomic mass is 10.1. The van der Waals surface area contributed by atoms with E-state index in [1.165, 1.54) is 5.56 Å². The van der Waals surface area contributed by atoms with E-state index in [1.54, 1.807) is 0 Å². The number of nitrogens with zero attached hydrogens (tertiary/aromatic N) is 3. The van der Waals surface area contributed by atoms with Crippen LogP contribution in [0.1, 0.15) is 41.2 Å². The van der Waals surface area contributed by atoms with Gasteiger partial charge in [0.1, 0.15) is 5.75 Å². The zero-order valence-corrected chi connectivity index (χ0v) is 18.3. The maximum absolute atomic E-state index is 13.2. The van der Waals surface area contributed by atoms with Gasteiger partial charge in [0.05, 0.1) is 28.9 Å². The number of hydrogen-bond acceptors (Lipinski definition) is 4. The molecule has 1 amide bonds. The molecule has 2 aromatic carbocycles. The van der Waals surface area contributed by atoms with E-state index in [2.05, 4.69) is 24.4 Å². The number of rotatable bonds is 6. The summed E-state index contributed by atoms with van der Waals surface area (Å²) in [5.41, 5.74) is 5.65. The van der Waals surface area contributed by atoms with Gasteiger partial charge in [0.2, 0.25) is 0 Å². The van der Waals surface area contributed by atoms with Crippen molar-refractivity contribution < 1.29 is 9.53 Å². The highest BCUT2D eigenvalue weighted by atomic mass is 16.5. The van der Waals surface area contributed by atoms with Gasteiger partial charge in [-0.05, 0) is 75.2 Å². The number of amides is 1. The smallest absolute Gasteiger partial charge is 0.256 e. The van der Waals surface area contributed by atoms with Crippen molar-refractivity contribution in [1.82, 2.24) is 14.8 Å². The number of anilines is 1. The topological polar surface area (TPSA) is 69.0 Å². The number of ether oxygens (including phenoxy) is 1. The van der Waals surface area contributed by atoms with Crippen LogP contribution < -0.4 is 10.1 Å². The minimum absolute atomic E-state index is 0.191. The molecule has 0 radical (unpaired) electrons. The summed E-state index contributed by atoms with van der Waals surface area (Å²) in [6.07, 6.45) is 0.979. The quantitative estimate of drug-likeness (QED) is 0.468. The molecule has 4 aromatic rings. The Bertz CT molecular complexity index is 1230. The minimum atomic E-state index is -0.191. The summed E-state index contributed by atoms with van der Waals surface area (Å²) in [5.74, 6) is 0.581. The average Bonchev–Trinajstić information content (AvgIpc) is 3.11. The molecule has 0 aliphatic carbocycles. The van der Waals surface area contributed by atoms with Crippen LogP contribution in [0.3, 0.4) is 0 Å². The van der Waals surface area contributed by atoms with Crippen molar-refractivity contribution in [3.05, 3.63) is 77.1 Å². The second-order valence-electron chi connectivity index (χ2n) is 7.44. The molecule has 0 unspecified atom stereocenters. The molecule has 1 N–H and O–H groups in total. The van der Waals surface area contributed by atoms with Crippen LogP contribution in [0.2, 0.25) is 0 Å². The normalized spacial score (nSPS) is 11.0. The van der Waals surface area contributed by atoms with Crippen LogP contribution in [0, 0.1) is 13.8 Å². The molecule has 0 fully saturated rings. The molecule has 2 heterocycles. The molecule has 31 heavy (non-hydrogen) atoms. The van der Waals surface area contributed by atoms with Gasteiger partial charge in [-0.1, -0.05) is 19.1 Å². The van der Waals surface area contributed by atoms with E-state index >= 15 is 0 Å². The van der Waals surface area contributed by atoms with E-state index in [9.17, 15) is 4.79 Å². The van der Waals surface area contributed by atoms with Gasteiger partial charge >= 0.3 is 0 Å². The summed E-state index contributed by atoms with van der Waals surface area (Å²) in [7, 11) is 0. The molecule has 6 nitrogen and oxygen atoms in total. The van der Waals surface area contributed by atoms with Crippen molar-refractivity contribution in [2.24, 2.45) is 0 Å². The summed E-state index contributed by atoms with van der Waals surface area (Å²) in [4.78, 5) is 17.9. The number of hydrogen-bond donors (Lipinski definition) is 1. The molecule has 4 rings (SSSR count). The first-order chi connectivity index (χ1) is 15.0. The summed E-state index contributed by atoms with van der Waals surface area (Å²) < 4.78 is 7.28. The molecule has 158 valence electrons. The first-order valence-corrected chi connectivity index (χ1v) is 10.5. The Morgan fingerprint density at radius 3 is 2.39 bits per heavy atom. The van der Waals surface area contributed by atoms with Crippen LogP contribution in [0.15, 0.2) is 54.6 Å². The Kier molecular flexibility index (Phi) is 5.71. The van der Waals surface area contributed by atoms with E-state index in [0.717, 1.165) is 34.6 Å². The zero-order valence-electron chi connectivity index (χ0n) is 18.3. The number of pyridine rings is 1. The maximum atomic E-state index is 13.2. The van der Waals surface area contributed by atoms with Crippen molar-refractivity contribution in [1.29, 1.82) is 0 Å². The third-order valence-electron chi connectivity index (χ3n) is 5.20. The third kappa shape index (κ3) is 4.14. The van der Waals surface area contributed by atoms with Gasteiger partial charge in [-0.25, -0.2) is 9.67 Å². The van der Waals surface area contributed by atoms with Crippen LogP contribution >= 0.6 is 0 Å². The van der Waals surface area contributed by atoms with Crippen molar-refractivity contribution in [2.45, 2.75) is 34.1 Å². The van der Waals surface area contributed by atoms with E-state index in [-0.39, 0.29) is 5.91 Å². The highest BCUT2D eigenvalue weighted by Crippen LogP contribution is 2.26. The van der Waals surface area contributed by atoms with Crippen molar-refractivity contribution in [2.75, 3.05) is 11.9 Å². The van der Waals surface area contributed by atoms with E-state index in [0.29, 0.717) is 23.5 Å². The predicted octanol–water partition coefficient (Wildman–Crippen LogP) is 5.25. The van der Waals surface area contributed by atoms with Crippen LogP contribution in [0.25, 0.3) is 16.7 Å². The van der Waals surface area contributed by atoms with Crippen molar-refractivity contribution in [3.63, 3.8) is 0 Å². The summed E-state index contributed by atoms with van der Waals surface area (Å²) in [6, 6.07) is 17.4. The van der Waals surface area contributed by atoms with Crippen LogP contribution in [0.4, 0.5) is 5.69 Å². The van der Waals surface area contributed by atoms with Gasteiger partial charge < -0.3 is 10.1 Å². The molecule has 0 saturated carbocycles. The zero-order chi connectivity index (χ0) is 22.0. The average molecular weight is 415 g/mol.